The Morgan fingerprint density at radius 2 is 1.95 bits per heavy atom. The molecule has 0 saturated carbocycles. The zero-order chi connectivity index (χ0) is 15.5. The molecule has 0 radical (unpaired) electrons. The molecule has 2 N–H and O–H groups in total. The van der Waals surface area contributed by atoms with Gasteiger partial charge in [-0.2, -0.15) is 0 Å². The van der Waals surface area contributed by atoms with Gasteiger partial charge in [0.1, 0.15) is 5.75 Å². The molecule has 6 heteroatoms. The van der Waals surface area contributed by atoms with Crippen molar-refractivity contribution in [3.8, 4) is 5.75 Å². The fraction of sp³-hybridized carbons (Fsp3) is 0.600. The van der Waals surface area contributed by atoms with Crippen LogP contribution >= 0.6 is 0 Å². The fourth-order valence-electron chi connectivity index (χ4n) is 2.53. The first kappa shape index (κ1) is 16.1. The van der Waals surface area contributed by atoms with Crippen molar-refractivity contribution in [2.45, 2.75) is 38.6 Å². The monoisotopic (exact) mass is 303 g/mol. The molecule has 0 amide bonds. The Balaban J connectivity index is 2.05. The van der Waals surface area contributed by atoms with E-state index in [-0.39, 0.29) is 17.7 Å². The van der Waals surface area contributed by atoms with E-state index in [2.05, 4.69) is 4.74 Å². The van der Waals surface area contributed by atoms with E-state index in [4.69, 9.17) is 10.5 Å². The van der Waals surface area contributed by atoms with Crippen LogP contribution in [-0.2, 0) is 17.6 Å². The largest absolute Gasteiger partial charge is 0.573 e. The molecule has 0 bridgehead atoms. The van der Waals surface area contributed by atoms with E-state index in [0.717, 1.165) is 17.5 Å². The number of aryl methyl sites for hydroxylation is 2. The van der Waals surface area contributed by atoms with E-state index < -0.39 is 6.36 Å². The van der Waals surface area contributed by atoms with Crippen molar-refractivity contribution in [1.82, 2.24) is 0 Å². The molecule has 2 unspecified atom stereocenters. The predicted octanol–water partition coefficient (Wildman–Crippen LogP) is 3.05. The molecule has 0 aromatic heterocycles. The van der Waals surface area contributed by atoms with E-state index in [0.29, 0.717) is 26.1 Å². The molecular formula is C15H20F3NO2. The minimum atomic E-state index is -4.66. The van der Waals surface area contributed by atoms with Crippen LogP contribution in [0.2, 0.25) is 0 Å². The second-order valence-corrected chi connectivity index (χ2v) is 5.39. The summed E-state index contributed by atoms with van der Waals surface area (Å²) in [5.41, 5.74) is 7.59. The third kappa shape index (κ3) is 4.89. The van der Waals surface area contributed by atoms with Crippen molar-refractivity contribution in [2.24, 2.45) is 11.7 Å². The van der Waals surface area contributed by atoms with Crippen LogP contribution in [0.4, 0.5) is 13.2 Å². The second kappa shape index (κ2) is 6.66. The third-order valence-electron chi connectivity index (χ3n) is 3.72. The average molecular weight is 303 g/mol. The van der Waals surface area contributed by atoms with Crippen LogP contribution in [0.5, 0.6) is 5.75 Å². The van der Waals surface area contributed by atoms with Gasteiger partial charge in [0, 0.05) is 6.04 Å². The van der Waals surface area contributed by atoms with Crippen molar-refractivity contribution < 1.29 is 22.6 Å². The van der Waals surface area contributed by atoms with E-state index in [1.54, 1.807) is 0 Å². The maximum Gasteiger partial charge on any atom is 0.573 e. The summed E-state index contributed by atoms with van der Waals surface area (Å²) in [5.74, 6) is 0.117. The second-order valence-electron chi connectivity index (χ2n) is 5.39. The molecule has 0 spiro atoms. The fourth-order valence-corrected chi connectivity index (χ4v) is 2.53. The highest BCUT2D eigenvalue weighted by molar-refractivity contribution is 5.35. The summed E-state index contributed by atoms with van der Waals surface area (Å²) < 4.78 is 46.3. The molecule has 1 fully saturated rings. The molecule has 2 rings (SSSR count). The summed E-state index contributed by atoms with van der Waals surface area (Å²) in [6, 6.07) is 4.82. The van der Waals surface area contributed by atoms with Crippen molar-refractivity contribution in [3.63, 3.8) is 0 Å². The number of benzene rings is 1. The summed E-state index contributed by atoms with van der Waals surface area (Å²) in [7, 11) is 0. The quantitative estimate of drug-likeness (QED) is 0.909. The molecule has 118 valence electrons. The molecule has 21 heavy (non-hydrogen) atoms. The predicted molar refractivity (Wildman–Crippen MR) is 73.1 cm³/mol. The normalized spacial score (nSPS) is 22.5. The van der Waals surface area contributed by atoms with E-state index in [1.807, 2.05) is 13.0 Å². The number of rotatable bonds is 5. The van der Waals surface area contributed by atoms with E-state index in [1.165, 1.54) is 12.1 Å². The van der Waals surface area contributed by atoms with Crippen LogP contribution in [0.15, 0.2) is 18.2 Å². The van der Waals surface area contributed by atoms with Gasteiger partial charge < -0.3 is 15.2 Å². The number of hydrogen-bond donors (Lipinski definition) is 1. The zero-order valence-corrected chi connectivity index (χ0v) is 12.0. The number of nitrogens with two attached hydrogens (primary N) is 1. The first-order chi connectivity index (χ1) is 9.87. The first-order valence-electron chi connectivity index (χ1n) is 7.09. The van der Waals surface area contributed by atoms with Gasteiger partial charge in [0.05, 0.1) is 13.2 Å². The summed E-state index contributed by atoms with van der Waals surface area (Å²) in [6.07, 6.45) is -2.52. The maximum atomic E-state index is 12.3. The van der Waals surface area contributed by atoms with Crippen LogP contribution in [0.1, 0.15) is 24.5 Å². The minimum absolute atomic E-state index is 0.0188. The number of alkyl halides is 3. The van der Waals surface area contributed by atoms with Crippen molar-refractivity contribution in [2.75, 3.05) is 13.2 Å². The molecule has 1 aromatic carbocycles. The molecule has 1 aliphatic rings. The Kier molecular flexibility index (Phi) is 5.11. The minimum Gasteiger partial charge on any atom is -0.406 e. The van der Waals surface area contributed by atoms with Crippen LogP contribution in [0.3, 0.4) is 0 Å². The lowest BCUT2D eigenvalue weighted by molar-refractivity contribution is -0.274. The van der Waals surface area contributed by atoms with Gasteiger partial charge in [-0.3, -0.25) is 0 Å². The number of ether oxygens (including phenoxy) is 2. The summed E-state index contributed by atoms with van der Waals surface area (Å²) in [5, 5.41) is 0. The Labute approximate surface area is 122 Å². The molecule has 0 aliphatic carbocycles. The average Bonchev–Trinajstić information content (AvgIpc) is 2.79. The van der Waals surface area contributed by atoms with Gasteiger partial charge in [-0.1, -0.05) is 13.0 Å². The molecule has 1 aliphatic heterocycles. The number of halogens is 3. The van der Waals surface area contributed by atoms with Gasteiger partial charge in [0.15, 0.2) is 0 Å². The van der Waals surface area contributed by atoms with E-state index >= 15 is 0 Å². The van der Waals surface area contributed by atoms with Gasteiger partial charge in [-0.05, 0) is 48.4 Å². The molecule has 1 aromatic rings. The van der Waals surface area contributed by atoms with Crippen molar-refractivity contribution >= 4 is 0 Å². The van der Waals surface area contributed by atoms with Gasteiger partial charge >= 0.3 is 6.36 Å². The van der Waals surface area contributed by atoms with Crippen LogP contribution in [-0.4, -0.2) is 25.6 Å². The smallest absolute Gasteiger partial charge is 0.406 e. The van der Waals surface area contributed by atoms with Gasteiger partial charge in [-0.15, -0.1) is 13.2 Å². The maximum absolute atomic E-state index is 12.3. The zero-order valence-electron chi connectivity index (χ0n) is 12.0. The Morgan fingerprint density at radius 1 is 1.24 bits per heavy atom. The molecular weight excluding hydrogens is 283 g/mol. The molecule has 2 atom stereocenters. The van der Waals surface area contributed by atoms with E-state index in [9.17, 15) is 13.2 Å². The summed E-state index contributed by atoms with van der Waals surface area (Å²) in [4.78, 5) is 0. The van der Waals surface area contributed by atoms with Crippen LogP contribution in [0.25, 0.3) is 0 Å². The van der Waals surface area contributed by atoms with Crippen molar-refractivity contribution in [1.29, 1.82) is 0 Å². The molecule has 1 heterocycles. The lowest BCUT2D eigenvalue weighted by Gasteiger charge is -2.15. The highest BCUT2D eigenvalue weighted by atomic mass is 19.4. The van der Waals surface area contributed by atoms with Crippen LogP contribution in [0, 0.1) is 5.92 Å². The Morgan fingerprint density at radius 3 is 2.52 bits per heavy atom. The molecule has 3 nitrogen and oxygen atoms in total. The standard InChI is InChI=1S/C15H20F3NO2/c1-2-10-5-11(3-4-12-8-20-9-14(12)19)7-13(6-10)21-15(16,17)18/h5-7,12,14H,2-4,8-9,19H2,1H3. The third-order valence-corrected chi connectivity index (χ3v) is 3.72. The van der Waals surface area contributed by atoms with Crippen molar-refractivity contribution in [3.05, 3.63) is 29.3 Å². The first-order valence-corrected chi connectivity index (χ1v) is 7.09. The number of hydrogen-bond acceptors (Lipinski definition) is 3. The Bertz CT molecular complexity index is 476. The lowest BCUT2D eigenvalue weighted by Crippen LogP contribution is -2.28. The topological polar surface area (TPSA) is 44.5 Å². The highest BCUT2D eigenvalue weighted by Crippen LogP contribution is 2.27. The summed E-state index contributed by atoms with van der Waals surface area (Å²) in [6.45, 7) is 3.08. The van der Waals surface area contributed by atoms with Gasteiger partial charge in [0.25, 0.3) is 0 Å². The van der Waals surface area contributed by atoms with Gasteiger partial charge in [-0.25, -0.2) is 0 Å². The van der Waals surface area contributed by atoms with Crippen LogP contribution < -0.4 is 10.5 Å². The summed E-state index contributed by atoms with van der Waals surface area (Å²) >= 11 is 0. The molecule has 1 saturated heterocycles. The lowest BCUT2D eigenvalue weighted by atomic mass is 9.95. The highest BCUT2D eigenvalue weighted by Gasteiger charge is 2.31. The van der Waals surface area contributed by atoms with Gasteiger partial charge in [0.2, 0.25) is 0 Å². The Hall–Kier alpha value is -1.27. The SMILES string of the molecule is CCc1cc(CCC2COCC2N)cc(OC(F)(F)F)c1.